The second-order valence-corrected chi connectivity index (χ2v) is 6.61. The third kappa shape index (κ3) is 4.21. The maximum atomic E-state index is 11.9. The van der Waals surface area contributed by atoms with E-state index in [1.54, 1.807) is 14.0 Å². The number of carbonyl (C=O) groups excluding carboxylic acids is 1. The van der Waals surface area contributed by atoms with Crippen molar-refractivity contribution in [2.45, 2.75) is 45.6 Å². The van der Waals surface area contributed by atoms with Crippen LogP contribution in [0.1, 0.15) is 38.8 Å². The first-order valence-electron chi connectivity index (χ1n) is 7.15. The Morgan fingerprint density at radius 3 is 2.33 bits per heavy atom. The number of aryl methyl sites for hydroxylation is 1. The second-order valence-electron chi connectivity index (χ2n) is 6.61. The molecule has 1 aromatic rings. The first-order valence-corrected chi connectivity index (χ1v) is 7.15. The fourth-order valence-electron chi connectivity index (χ4n) is 2.04. The van der Waals surface area contributed by atoms with Crippen molar-refractivity contribution in [3.63, 3.8) is 0 Å². The minimum absolute atomic E-state index is 0.0251. The maximum Gasteiger partial charge on any atom is 0.329 e. The highest BCUT2D eigenvalue weighted by Gasteiger charge is 2.34. The summed E-state index contributed by atoms with van der Waals surface area (Å²) in [4.78, 5) is 11.9. The molecule has 1 N–H and O–H groups in total. The largest absolute Gasteiger partial charge is 0.491 e. The van der Waals surface area contributed by atoms with Gasteiger partial charge in [0.05, 0.1) is 7.11 Å². The van der Waals surface area contributed by atoms with Crippen LogP contribution >= 0.6 is 0 Å². The summed E-state index contributed by atoms with van der Waals surface area (Å²) in [6.07, 6.45) is 0. The molecule has 0 bridgehead atoms. The summed E-state index contributed by atoms with van der Waals surface area (Å²) in [5, 5.41) is 2.97. The molecular weight excluding hydrogens is 266 g/mol. The van der Waals surface area contributed by atoms with Gasteiger partial charge in [0.1, 0.15) is 17.9 Å². The predicted molar refractivity (Wildman–Crippen MR) is 84.9 cm³/mol. The molecule has 1 unspecified atom stereocenters. The lowest BCUT2D eigenvalue weighted by Gasteiger charge is -2.28. The first kappa shape index (κ1) is 17.5. The quantitative estimate of drug-likeness (QED) is 0.848. The van der Waals surface area contributed by atoms with Gasteiger partial charge >= 0.3 is 5.97 Å². The zero-order valence-electron chi connectivity index (χ0n) is 14.2. The predicted octanol–water partition coefficient (Wildman–Crippen LogP) is 2.82. The van der Waals surface area contributed by atoms with Gasteiger partial charge in [-0.1, -0.05) is 38.5 Å². The van der Waals surface area contributed by atoms with Gasteiger partial charge in [0, 0.05) is 0 Å². The molecule has 0 saturated heterocycles. The molecule has 0 aliphatic carbocycles. The van der Waals surface area contributed by atoms with E-state index in [9.17, 15) is 4.79 Å². The van der Waals surface area contributed by atoms with Gasteiger partial charge in [0.2, 0.25) is 0 Å². The monoisotopic (exact) mass is 293 g/mol. The van der Waals surface area contributed by atoms with Crippen LogP contribution < -0.4 is 10.1 Å². The number of ether oxygens (including phenoxy) is 2. The Hall–Kier alpha value is -1.55. The second kappa shape index (κ2) is 6.48. The van der Waals surface area contributed by atoms with Crippen molar-refractivity contribution in [1.29, 1.82) is 0 Å². The minimum Gasteiger partial charge on any atom is -0.491 e. The van der Waals surface area contributed by atoms with E-state index in [4.69, 9.17) is 9.47 Å². The van der Waals surface area contributed by atoms with E-state index < -0.39 is 5.54 Å². The van der Waals surface area contributed by atoms with E-state index in [0.717, 1.165) is 11.3 Å². The zero-order chi connectivity index (χ0) is 16.3. The van der Waals surface area contributed by atoms with Crippen molar-refractivity contribution >= 4 is 5.97 Å². The fraction of sp³-hybridized carbons (Fsp3) is 0.588. The highest BCUT2D eigenvalue weighted by Crippen LogP contribution is 2.32. The first-order chi connectivity index (χ1) is 9.64. The van der Waals surface area contributed by atoms with E-state index in [1.165, 1.54) is 12.7 Å². The van der Waals surface area contributed by atoms with Gasteiger partial charge in [0.25, 0.3) is 0 Å². The SMILES string of the molecule is CNC(C)(COc1ccc(C)cc1C(C)(C)C)C(=O)OC. The molecule has 1 atom stereocenters. The molecule has 0 radical (unpaired) electrons. The van der Waals surface area contributed by atoms with Crippen molar-refractivity contribution in [2.75, 3.05) is 20.8 Å². The number of benzene rings is 1. The van der Waals surface area contributed by atoms with Crippen LogP contribution in [0.5, 0.6) is 5.75 Å². The lowest BCUT2D eigenvalue weighted by atomic mass is 9.85. The lowest BCUT2D eigenvalue weighted by Crippen LogP contribution is -2.53. The molecule has 0 heterocycles. The summed E-state index contributed by atoms with van der Waals surface area (Å²) >= 11 is 0. The number of rotatable bonds is 5. The molecule has 4 heteroatoms. The molecule has 0 amide bonds. The number of carbonyl (C=O) groups is 1. The van der Waals surface area contributed by atoms with E-state index in [0.29, 0.717) is 0 Å². The highest BCUT2D eigenvalue weighted by atomic mass is 16.5. The molecule has 1 aromatic carbocycles. The van der Waals surface area contributed by atoms with Gasteiger partial charge in [-0.25, -0.2) is 4.79 Å². The Labute approximate surface area is 127 Å². The molecule has 0 aliphatic rings. The normalized spacial score (nSPS) is 14.4. The van der Waals surface area contributed by atoms with Crippen LogP contribution in [0.3, 0.4) is 0 Å². The Bertz CT molecular complexity index is 505. The lowest BCUT2D eigenvalue weighted by molar-refractivity contribution is -0.148. The number of hydrogen-bond donors (Lipinski definition) is 1. The summed E-state index contributed by atoms with van der Waals surface area (Å²) in [5.41, 5.74) is 1.43. The van der Waals surface area contributed by atoms with Crippen molar-refractivity contribution in [2.24, 2.45) is 0 Å². The summed E-state index contributed by atoms with van der Waals surface area (Å²) in [6.45, 7) is 10.5. The topological polar surface area (TPSA) is 47.6 Å². The number of hydrogen-bond acceptors (Lipinski definition) is 4. The number of methoxy groups -OCH3 is 1. The molecule has 0 saturated carbocycles. The average molecular weight is 293 g/mol. The van der Waals surface area contributed by atoms with E-state index >= 15 is 0 Å². The number of likely N-dealkylation sites (N-methyl/N-ethyl adjacent to an activating group) is 1. The van der Waals surface area contributed by atoms with Gasteiger partial charge in [-0.2, -0.15) is 0 Å². The Morgan fingerprint density at radius 2 is 1.86 bits per heavy atom. The van der Waals surface area contributed by atoms with Crippen LogP contribution in [-0.4, -0.2) is 32.3 Å². The van der Waals surface area contributed by atoms with Crippen LogP contribution in [0, 0.1) is 6.92 Å². The molecule has 4 nitrogen and oxygen atoms in total. The molecule has 0 spiro atoms. The van der Waals surface area contributed by atoms with Crippen LogP contribution in [0.25, 0.3) is 0 Å². The van der Waals surface area contributed by atoms with Crippen LogP contribution in [-0.2, 0) is 14.9 Å². The smallest absolute Gasteiger partial charge is 0.329 e. The minimum atomic E-state index is -0.866. The van der Waals surface area contributed by atoms with E-state index in [1.807, 2.05) is 12.1 Å². The van der Waals surface area contributed by atoms with Crippen molar-refractivity contribution in [1.82, 2.24) is 5.32 Å². The Balaban J connectivity index is 3.01. The van der Waals surface area contributed by atoms with Crippen molar-refractivity contribution < 1.29 is 14.3 Å². The third-order valence-electron chi connectivity index (χ3n) is 3.65. The summed E-state index contributed by atoms with van der Waals surface area (Å²) in [5.74, 6) is 0.466. The fourth-order valence-corrected chi connectivity index (χ4v) is 2.04. The van der Waals surface area contributed by atoms with Crippen LogP contribution in [0.2, 0.25) is 0 Å². The van der Waals surface area contributed by atoms with Crippen LogP contribution in [0.15, 0.2) is 18.2 Å². The number of nitrogens with one attached hydrogen (secondary N) is 1. The number of esters is 1. The molecule has 1 rings (SSSR count). The third-order valence-corrected chi connectivity index (χ3v) is 3.65. The summed E-state index contributed by atoms with van der Waals surface area (Å²) < 4.78 is 10.8. The van der Waals surface area contributed by atoms with Gasteiger partial charge < -0.3 is 14.8 Å². The maximum absolute atomic E-state index is 11.9. The van der Waals surface area contributed by atoms with Gasteiger partial charge in [-0.3, -0.25) is 0 Å². The molecule has 21 heavy (non-hydrogen) atoms. The molecular formula is C17H27NO3. The van der Waals surface area contributed by atoms with E-state index in [2.05, 4.69) is 39.1 Å². The van der Waals surface area contributed by atoms with Gasteiger partial charge in [0.15, 0.2) is 0 Å². The van der Waals surface area contributed by atoms with E-state index in [-0.39, 0.29) is 18.0 Å². The molecule has 118 valence electrons. The zero-order valence-corrected chi connectivity index (χ0v) is 14.2. The van der Waals surface area contributed by atoms with Gasteiger partial charge in [-0.05, 0) is 37.9 Å². The Kier molecular flexibility index (Phi) is 5.40. The van der Waals surface area contributed by atoms with Crippen LogP contribution in [0.4, 0.5) is 0 Å². The highest BCUT2D eigenvalue weighted by molar-refractivity contribution is 5.80. The molecule has 0 fully saturated rings. The summed E-state index contributed by atoms with van der Waals surface area (Å²) in [6, 6.07) is 6.10. The average Bonchev–Trinajstić information content (AvgIpc) is 2.43. The van der Waals surface area contributed by atoms with Crippen molar-refractivity contribution in [3.05, 3.63) is 29.3 Å². The molecule has 0 aromatic heterocycles. The Morgan fingerprint density at radius 1 is 1.24 bits per heavy atom. The molecule has 0 aliphatic heterocycles. The van der Waals surface area contributed by atoms with Gasteiger partial charge in [-0.15, -0.1) is 0 Å². The standard InChI is InChI=1S/C17H27NO3/c1-12-8-9-14(13(10-12)16(2,3)4)21-11-17(5,18-6)15(19)20-7/h8-10,18H,11H2,1-7H3. The summed E-state index contributed by atoms with van der Waals surface area (Å²) in [7, 11) is 3.10. The van der Waals surface area contributed by atoms with Crippen molar-refractivity contribution in [3.8, 4) is 5.75 Å².